The molecule has 31 heavy (non-hydrogen) atoms. The zero-order chi connectivity index (χ0) is 21.9. The highest BCUT2D eigenvalue weighted by atomic mass is 19.4. The highest BCUT2D eigenvalue weighted by molar-refractivity contribution is 5.93. The van der Waals surface area contributed by atoms with Crippen molar-refractivity contribution in [3.63, 3.8) is 0 Å². The zero-order valence-electron chi connectivity index (χ0n) is 17.4. The molecule has 1 saturated heterocycles. The second kappa shape index (κ2) is 7.07. The predicted molar refractivity (Wildman–Crippen MR) is 110 cm³/mol. The number of aryl methyl sites for hydroxylation is 1. The molecule has 8 heteroatoms. The van der Waals surface area contributed by atoms with Crippen molar-refractivity contribution in [1.29, 1.82) is 0 Å². The molecule has 0 radical (unpaired) electrons. The molecule has 2 aromatic heterocycles. The van der Waals surface area contributed by atoms with E-state index in [2.05, 4.69) is 17.0 Å². The van der Waals surface area contributed by atoms with Crippen LogP contribution in [0, 0.1) is 5.92 Å². The number of likely N-dealkylation sites (tertiary alicyclic amines) is 1. The van der Waals surface area contributed by atoms with Gasteiger partial charge in [-0.2, -0.15) is 18.3 Å². The Labute approximate surface area is 177 Å². The highest BCUT2D eigenvalue weighted by Gasteiger charge is 2.40. The summed E-state index contributed by atoms with van der Waals surface area (Å²) in [6.45, 7) is 4.70. The SMILES string of the molecule is C[C@@H]1CCN(C(=O)c2cc3nc4c(c(C(F)(F)F)n3n2)CCc2ccccc2-4)[C@H](C)C1. The van der Waals surface area contributed by atoms with E-state index in [-0.39, 0.29) is 35.3 Å². The minimum Gasteiger partial charge on any atom is -0.335 e. The first-order valence-electron chi connectivity index (χ1n) is 10.6. The fourth-order valence-electron chi connectivity index (χ4n) is 4.98. The number of hydrogen-bond donors (Lipinski definition) is 0. The van der Waals surface area contributed by atoms with Gasteiger partial charge in [0.25, 0.3) is 5.91 Å². The molecular formula is C23H23F3N4O. The molecule has 0 bridgehead atoms. The molecule has 0 spiro atoms. The van der Waals surface area contributed by atoms with Gasteiger partial charge in [0, 0.05) is 29.8 Å². The molecule has 162 valence electrons. The Morgan fingerprint density at radius 1 is 1.16 bits per heavy atom. The number of rotatable bonds is 1. The fraction of sp³-hybridized carbons (Fsp3) is 0.435. The fourth-order valence-corrected chi connectivity index (χ4v) is 4.98. The van der Waals surface area contributed by atoms with Gasteiger partial charge < -0.3 is 4.90 Å². The number of hydrogen-bond acceptors (Lipinski definition) is 3. The van der Waals surface area contributed by atoms with Crippen LogP contribution in [0.5, 0.6) is 0 Å². The summed E-state index contributed by atoms with van der Waals surface area (Å²) in [5.74, 6) is 0.182. The lowest BCUT2D eigenvalue weighted by molar-refractivity contribution is -0.143. The van der Waals surface area contributed by atoms with E-state index in [0.29, 0.717) is 30.1 Å². The van der Waals surface area contributed by atoms with E-state index in [1.807, 2.05) is 19.1 Å². The van der Waals surface area contributed by atoms with Crippen LogP contribution in [0.2, 0.25) is 0 Å². The van der Waals surface area contributed by atoms with E-state index < -0.39 is 11.9 Å². The van der Waals surface area contributed by atoms with Crippen molar-refractivity contribution in [1.82, 2.24) is 19.5 Å². The van der Waals surface area contributed by atoms with Crippen molar-refractivity contribution in [3.05, 3.63) is 52.8 Å². The molecule has 0 unspecified atom stereocenters. The van der Waals surface area contributed by atoms with Crippen LogP contribution in [0.25, 0.3) is 16.9 Å². The van der Waals surface area contributed by atoms with Crippen LogP contribution in [-0.4, -0.2) is 38.0 Å². The third-order valence-electron chi connectivity index (χ3n) is 6.50. The topological polar surface area (TPSA) is 50.5 Å². The summed E-state index contributed by atoms with van der Waals surface area (Å²) in [6.07, 6.45) is -2.13. The number of carbonyl (C=O) groups is 1. The number of halogens is 3. The molecule has 1 amide bonds. The molecule has 3 aromatic rings. The Morgan fingerprint density at radius 2 is 1.94 bits per heavy atom. The maximum atomic E-state index is 14.2. The number of benzene rings is 1. The van der Waals surface area contributed by atoms with Crippen molar-refractivity contribution >= 4 is 11.6 Å². The first kappa shape index (κ1) is 20.0. The van der Waals surface area contributed by atoms with Gasteiger partial charge in [0.15, 0.2) is 17.0 Å². The lowest BCUT2D eigenvalue weighted by atomic mass is 9.88. The number of fused-ring (bicyclic) bond motifs is 4. The second-order valence-electron chi connectivity index (χ2n) is 8.72. The van der Waals surface area contributed by atoms with E-state index in [4.69, 9.17) is 0 Å². The maximum Gasteiger partial charge on any atom is 0.433 e. The van der Waals surface area contributed by atoms with Crippen molar-refractivity contribution in [3.8, 4) is 11.3 Å². The standard InChI is InChI=1S/C23H23F3N4O/c1-13-9-10-29(14(2)11-13)22(31)18-12-19-27-20-16-6-4-3-5-15(16)7-8-17(20)21(23(24,25)26)30(19)28-18/h3-6,12-14H,7-11H2,1-2H3/t13-,14-/m1/s1. The molecule has 5 rings (SSSR count). The first-order chi connectivity index (χ1) is 14.7. The molecule has 1 aromatic carbocycles. The number of aromatic nitrogens is 3. The monoisotopic (exact) mass is 428 g/mol. The quantitative estimate of drug-likeness (QED) is 0.561. The Bertz CT molecular complexity index is 1180. The molecule has 1 aliphatic carbocycles. The lowest BCUT2D eigenvalue weighted by Crippen LogP contribution is -2.44. The van der Waals surface area contributed by atoms with E-state index >= 15 is 0 Å². The summed E-state index contributed by atoms with van der Waals surface area (Å²) in [6, 6.07) is 8.81. The van der Waals surface area contributed by atoms with Gasteiger partial charge in [0.2, 0.25) is 0 Å². The Morgan fingerprint density at radius 3 is 2.68 bits per heavy atom. The zero-order valence-corrected chi connectivity index (χ0v) is 17.4. The van der Waals surface area contributed by atoms with Gasteiger partial charge in [-0.05, 0) is 44.1 Å². The van der Waals surface area contributed by atoms with Gasteiger partial charge in [-0.25, -0.2) is 9.50 Å². The number of alkyl halides is 3. The van der Waals surface area contributed by atoms with Crippen molar-refractivity contribution in [2.45, 2.75) is 51.7 Å². The normalized spacial score (nSPS) is 21.1. The number of piperidine rings is 1. The van der Waals surface area contributed by atoms with Gasteiger partial charge in [-0.15, -0.1) is 0 Å². The van der Waals surface area contributed by atoms with Gasteiger partial charge >= 0.3 is 6.18 Å². The van der Waals surface area contributed by atoms with Crippen LogP contribution in [0.3, 0.4) is 0 Å². The molecule has 3 heterocycles. The summed E-state index contributed by atoms with van der Waals surface area (Å²) >= 11 is 0. The van der Waals surface area contributed by atoms with Gasteiger partial charge in [0.05, 0.1) is 5.69 Å². The molecule has 0 N–H and O–H groups in total. The lowest BCUT2D eigenvalue weighted by Gasteiger charge is -2.36. The van der Waals surface area contributed by atoms with Crippen LogP contribution in [0.15, 0.2) is 30.3 Å². The van der Waals surface area contributed by atoms with E-state index in [1.54, 1.807) is 17.0 Å². The summed E-state index contributed by atoms with van der Waals surface area (Å²) in [5.41, 5.74) is 1.39. The van der Waals surface area contributed by atoms with Gasteiger partial charge in [-0.3, -0.25) is 4.79 Å². The van der Waals surface area contributed by atoms with Crippen molar-refractivity contribution in [2.24, 2.45) is 5.92 Å². The first-order valence-corrected chi connectivity index (χ1v) is 10.6. The highest BCUT2D eigenvalue weighted by Crippen LogP contribution is 2.40. The molecule has 1 aliphatic heterocycles. The van der Waals surface area contributed by atoms with Crippen LogP contribution in [0.4, 0.5) is 13.2 Å². The van der Waals surface area contributed by atoms with Crippen LogP contribution in [-0.2, 0) is 19.0 Å². The summed E-state index contributed by atoms with van der Waals surface area (Å²) in [5, 5.41) is 4.11. The van der Waals surface area contributed by atoms with Crippen LogP contribution >= 0.6 is 0 Å². The number of amides is 1. The van der Waals surface area contributed by atoms with E-state index in [9.17, 15) is 18.0 Å². The maximum absolute atomic E-state index is 14.2. The Hall–Kier alpha value is -2.90. The second-order valence-corrected chi connectivity index (χ2v) is 8.72. The molecular weight excluding hydrogens is 405 g/mol. The minimum absolute atomic E-state index is 0.00929. The smallest absolute Gasteiger partial charge is 0.335 e. The number of carbonyl (C=O) groups excluding carboxylic acids is 1. The average Bonchev–Trinajstić information content (AvgIpc) is 3.14. The third-order valence-corrected chi connectivity index (χ3v) is 6.50. The molecule has 1 fully saturated rings. The Balaban J connectivity index is 1.66. The van der Waals surface area contributed by atoms with Crippen molar-refractivity contribution < 1.29 is 18.0 Å². The number of nitrogens with zero attached hydrogens (tertiary/aromatic N) is 4. The molecule has 5 nitrogen and oxygen atoms in total. The average molecular weight is 428 g/mol. The minimum atomic E-state index is -4.61. The summed E-state index contributed by atoms with van der Waals surface area (Å²) in [7, 11) is 0. The van der Waals surface area contributed by atoms with Crippen molar-refractivity contribution in [2.75, 3.05) is 6.54 Å². The third kappa shape index (κ3) is 3.28. The van der Waals surface area contributed by atoms with Crippen LogP contribution in [0.1, 0.15) is 54.0 Å². The summed E-state index contributed by atoms with van der Waals surface area (Å²) in [4.78, 5) is 19.4. The molecule has 2 aliphatic rings. The molecule has 2 atom stereocenters. The largest absolute Gasteiger partial charge is 0.433 e. The Kier molecular flexibility index (Phi) is 4.57. The summed E-state index contributed by atoms with van der Waals surface area (Å²) < 4.78 is 43.3. The van der Waals surface area contributed by atoms with Gasteiger partial charge in [-0.1, -0.05) is 31.2 Å². The predicted octanol–water partition coefficient (Wildman–Crippen LogP) is 4.77. The van der Waals surface area contributed by atoms with Crippen LogP contribution < -0.4 is 0 Å². The van der Waals surface area contributed by atoms with E-state index in [1.165, 1.54) is 6.07 Å². The van der Waals surface area contributed by atoms with E-state index in [0.717, 1.165) is 22.9 Å². The molecule has 0 saturated carbocycles. The van der Waals surface area contributed by atoms with Gasteiger partial charge in [0.1, 0.15) is 0 Å².